The van der Waals surface area contributed by atoms with Gasteiger partial charge < -0.3 is 0 Å². The van der Waals surface area contributed by atoms with Crippen molar-refractivity contribution in [2.75, 3.05) is 0 Å². The van der Waals surface area contributed by atoms with Gasteiger partial charge in [-0.2, -0.15) is 0 Å². The second-order valence-electron chi connectivity index (χ2n) is 37.2. The van der Waals surface area contributed by atoms with Crippen molar-refractivity contribution in [3.05, 3.63) is 461 Å². The van der Waals surface area contributed by atoms with Crippen LogP contribution in [0.15, 0.2) is 377 Å². The Hall–Kier alpha value is -14.0. The molecule has 7 aromatic carbocycles. The van der Waals surface area contributed by atoms with Crippen molar-refractivity contribution in [1.82, 2.24) is 54.8 Å². The van der Waals surface area contributed by atoms with E-state index in [1.807, 2.05) is 186 Å². The number of benzene rings is 7. The van der Waals surface area contributed by atoms with E-state index in [0.717, 1.165) is 108 Å². The van der Waals surface area contributed by atoms with Crippen LogP contribution in [0.5, 0.6) is 0 Å². The number of hydrogen-bond acceptors (Lipinski definition) is 11. The topological polar surface area (TPSA) is 142 Å². The van der Waals surface area contributed by atoms with Gasteiger partial charge >= 0.3 is 0 Å². The predicted molar refractivity (Wildman–Crippen MR) is 583 cm³/mol. The molecule has 17 aromatic rings. The number of aromatic nitrogens is 11. The largest absolute Gasteiger partial charge is 0.265 e. The summed E-state index contributed by atoms with van der Waals surface area (Å²) in [6.07, 6.45) is 9.19. The van der Waals surface area contributed by atoms with Crippen LogP contribution in [0.3, 0.4) is 0 Å². The standard InChI is InChI=1S/2C20H19N.C19H18N2.C14H15N.2C10H15N.C9H13N.3C8H11N/c1-15(2)18-13-19(16-9-5-3-6-10-16)21-20(14-18)17-11-7-4-8-12-17;1-15(2)18-13-14-19(16-9-5-3-6-10-16)21-20(18)17-11-7-4-8-12-17;1-14(2)17-13-18(15-9-5-3-6-10-15)21-19(20-17)16-11-7-4-8-12-16;1-11(2)13-9-6-10-14(15-13)12-7-4-3-5-8-12;1-7(2)10-5-8(3)11-9(4)6-10;1-7(2)10-6-5-8(3)11-9(10)4;1-7(2)9-6-4-5-8(3)10-9;1-7(2)8-3-5-9-6-4-8;1-7(2)8-4-3-5-9-6-8;1-7(2)8-5-3-4-6-9-8/h2*3-15H,1-2H3;3-14H,1-2H3;3-11H,1-2H3;2*5-7H,1-4H3;4-7H,1-3H3;3*3-7H,1-2H3. The molecule has 0 aliphatic carbocycles. The maximum Gasteiger partial charge on any atom is 0.160 e. The molecule has 17 rings (SSSR count). The Morgan fingerprint density at radius 3 is 0.949 bits per heavy atom. The van der Waals surface area contributed by atoms with Gasteiger partial charge in [0.1, 0.15) is 0 Å². The van der Waals surface area contributed by atoms with E-state index in [9.17, 15) is 0 Å². The fraction of sp³-hybridized carbons (Fsp3) is 0.278. The molecular formula is C126H147N11. The second kappa shape index (κ2) is 57.6. The summed E-state index contributed by atoms with van der Waals surface area (Å²) in [5.74, 6) is 6.08. The van der Waals surface area contributed by atoms with Crippen molar-refractivity contribution in [2.45, 2.75) is 232 Å². The molecule has 706 valence electrons. The van der Waals surface area contributed by atoms with Gasteiger partial charge in [-0.1, -0.05) is 387 Å². The minimum absolute atomic E-state index is 0.373. The first-order valence-electron chi connectivity index (χ1n) is 48.6. The highest BCUT2D eigenvalue weighted by Crippen LogP contribution is 2.33. The van der Waals surface area contributed by atoms with E-state index < -0.39 is 0 Å². The summed E-state index contributed by atoms with van der Waals surface area (Å²) in [4.78, 5) is 49.1. The number of nitrogens with zero attached hydrogens (tertiary/aromatic N) is 11. The van der Waals surface area contributed by atoms with Gasteiger partial charge in [-0.25, -0.2) is 19.9 Å². The Labute approximate surface area is 822 Å². The number of pyridine rings is 9. The van der Waals surface area contributed by atoms with Crippen LogP contribution in [0.1, 0.15) is 282 Å². The molecule has 0 spiro atoms. The van der Waals surface area contributed by atoms with E-state index in [2.05, 4.69) is 393 Å². The molecule has 0 aliphatic rings. The SMILES string of the molecule is CC(C)c1cc(-c2ccccc2)nc(-c2ccccc2)c1.CC(C)c1cc(-c2ccccc2)nc(-c2ccccc2)n1.CC(C)c1ccc(-c2ccccc2)nc1-c1ccccc1.CC(C)c1cccc(-c2ccccc2)n1.CC(C)c1ccccn1.CC(C)c1cccnc1.CC(C)c1ccncc1.Cc1cc(C(C)C)cc(C)n1.Cc1ccc(C(C)C)c(C)n1.Cc1cccc(C(C)C)n1. The van der Waals surface area contributed by atoms with Gasteiger partial charge in [0, 0.05) is 121 Å². The van der Waals surface area contributed by atoms with Crippen LogP contribution in [0.25, 0.3) is 78.9 Å². The van der Waals surface area contributed by atoms with Crippen LogP contribution in [0.4, 0.5) is 0 Å². The Bertz CT molecular complexity index is 5870. The zero-order valence-corrected chi connectivity index (χ0v) is 86.0. The fourth-order valence-electron chi connectivity index (χ4n) is 14.3. The lowest BCUT2D eigenvalue weighted by atomic mass is 9.96. The van der Waals surface area contributed by atoms with Crippen molar-refractivity contribution in [1.29, 1.82) is 0 Å². The average molecular weight is 1820 g/mol. The van der Waals surface area contributed by atoms with Gasteiger partial charge in [-0.05, 0) is 224 Å². The van der Waals surface area contributed by atoms with E-state index in [1.165, 1.54) is 55.9 Å². The van der Waals surface area contributed by atoms with Gasteiger partial charge in [0.2, 0.25) is 0 Å². The molecule has 0 fully saturated rings. The molecule has 0 saturated heterocycles. The minimum Gasteiger partial charge on any atom is -0.265 e. The Kier molecular flexibility index (Phi) is 45.6. The third kappa shape index (κ3) is 37.6. The van der Waals surface area contributed by atoms with E-state index in [4.69, 9.17) is 19.9 Å². The van der Waals surface area contributed by atoms with E-state index in [-0.39, 0.29) is 0 Å². The Morgan fingerprint density at radius 2 is 0.569 bits per heavy atom. The molecule has 0 unspecified atom stereocenters. The molecule has 11 heteroatoms. The number of rotatable bonds is 17. The highest BCUT2D eigenvalue weighted by molar-refractivity contribution is 5.71. The second-order valence-corrected chi connectivity index (χ2v) is 37.2. The van der Waals surface area contributed by atoms with Crippen LogP contribution in [0, 0.1) is 34.6 Å². The molecule has 0 saturated carbocycles. The summed E-state index contributed by atoms with van der Waals surface area (Å²) in [6.45, 7) is 53.8. The predicted octanol–water partition coefficient (Wildman–Crippen LogP) is 34.7. The quantitative estimate of drug-likeness (QED) is 0.0860. The van der Waals surface area contributed by atoms with Crippen molar-refractivity contribution >= 4 is 0 Å². The summed E-state index contributed by atoms with van der Waals surface area (Å²) in [5.41, 5.74) is 32.4. The van der Waals surface area contributed by atoms with Crippen LogP contribution < -0.4 is 0 Å². The maximum atomic E-state index is 4.93. The van der Waals surface area contributed by atoms with Gasteiger partial charge in [0.05, 0.1) is 34.2 Å². The normalized spacial score (nSPS) is 10.6. The third-order valence-electron chi connectivity index (χ3n) is 22.4. The summed E-state index contributed by atoms with van der Waals surface area (Å²) >= 11 is 0. The molecule has 10 heterocycles. The van der Waals surface area contributed by atoms with Crippen molar-refractivity contribution < 1.29 is 0 Å². The molecule has 0 bridgehead atoms. The maximum absolute atomic E-state index is 4.93. The lowest BCUT2D eigenvalue weighted by Crippen LogP contribution is -1.99. The first kappa shape index (κ1) is 108. The summed E-state index contributed by atoms with van der Waals surface area (Å²) in [5, 5.41) is 0. The van der Waals surface area contributed by atoms with Gasteiger partial charge in [0.15, 0.2) is 5.82 Å². The first-order chi connectivity index (χ1) is 65.8. The van der Waals surface area contributed by atoms with Gasteiger partial charge in [0.25, 0.3) is 0 Å². The zero-order chi connectivity index (χ0) is 99.1. The van der Waals surface area contributed by atoms with Crippen molar-refractivity contribution in [3.8, 4) is 78.9 Å². The van der Waals surface area contributed by atoms with E-state index in [0.29, 0.717) is 59.2 Å². The smallest absolute Gasteiger partial charge is 0.160 e. The van der Waals surface area contributed by atoms with Crippen LogP contribution in [0.2, 0.25) is 0 Å². The minimum atomic E-state index is 0.373. The Morgan fingerprint density at radius 1 is 0.182 bits per heavy atom. The lowest BCUT2D eigenvalue weighted by molar-refractivity contribution is 0.815. The average Bonchev–Trinajstić information content (AvgIpc) is 0.447. The zero-order valence-electron chi connectivity index (χ0n) is 86.0. The monoisotopic (exact) mass is 1810 g/mol. The molecule has 0 aliphatic heterocycles. The highest BCUT2D eigenvalue weighted by atomic mass is 14.9. The number of aryl methyl sites for hydroxylation is 5. The molecule has 0 radical (unpaired) electrons. The summed E-state index contributed by atoms with van der Waals surface area (Å²) in [7, 11) is 0. The molecule has 11 nitrogen and oxygen atoms in total. The highest BCUT2D eigenvalue weighted by Gasteiger charge is 2.16. The van der Waals surface area contributed by atoms with E-state index >= 15 is 0 Å². The van der Waals surface area contributed by atoms with Gasteiger partial charge in [-0.3, -0.25) is 34.9 Å². The van der Waals surface area contributed by atoms with Crippen molar-refractivity contribution in [3.63, 3.8) is 0 Å². The molecular weight excluding hydrogens is 1670 g/mol. The van der Waals surface area contributed by atoms with E-state index in [1.54, 1.807) is 6.20 Å². The molecule has 137 heavy (non-hydrogen) atoms. The Balaban J connectivity index is 0.000000190. The van der Waals surface area contributed by atoms with Crippen LogP contribution in [-0.2, 0) is 0 Å². The first-order valence-corrected chi connectivity index (χ1v) is 48.6. The summed E-state index contributed by atoms with van der Waals surface area (Å²) < 4.78 is 0. The van der Waals surface area contributed by atoms with Crippen LogP contribution >= 0.6 is 0 Å². The molecule has 0 N–H and O–H groups in total. The third-order valence-corrected chi connectivity index (χ3v) is 22.4. The van der Waals surface area contributed by atoms with Gasteiger partial charge in [-0.15, -0.1) is 0 Å². The lowest BCUT2D eigenvalue weighted by Gasteiger charge is -2.14. The summed E-state index contributed by atoms with van der Waals surface area (Å²) in [6, 6.07) is 118. The molecule has 0 amide bonds. The number of hydrogen-bond donors (Lipinski definition) is 0. The fourth-order valence-corrected chi connectivity index (χ4v) is 14.3. The molecule has 10 aromatic heterocycles. The van der Waals surface area contributed by atoms with Crippen molar-refractivity contribution in [2.24, 2.45) is 0 Å². The molecule has 0 atom stereocenters. The van der Waals surface area contributed by atoms with Crippen LogP contribution in [-0.4, -0.2) is 54.8 Å².